The molecule has 0 saturated carbocycles. The normalized spacial score (nSPS) is 14.6. The summed E-state index contributed by atoms with van der Waals surface area (Å²) in [5.41, 5.74) is -0.202. The summed E-state index contributed by atoms with van der Waals surface area (Å²) < 4.78 is 0. The largest absolute Gasteiger partial charge is 0.479 e. The van der Waals surface area contributed by atoms with E-state index >= 15 is 0 Å². The first-order valence-electron chi connectivity index (χ1n) is 5.99. The quantitative estimate of drug-likeness (QED) is 0.826. The second kappa shape index (κ2) is 5.32. The van der Waals surface area contributed by atoms with Crippen molar-refractivity contribution >= 4 is 5.97 Å². The van der Waals surface area contributed by atoms with Crippen molar-refractivity contribution in [1.82, 2.24) is 0 Å². The number of aliphatic carboxylic acids is 1. The first-order chi connectivity index (χ1) is 7.93. The molecule has 0 spiro atoms. The molecule has 0 aliphatic carbocycles. The van der Waals surface area contributed by atoms with Crippen LogP contribution in [0.2, 0.25) is 0 Å². The maximum absolute atomic E-state index is 10.9. The smallest absolute Gasteiger partial charge is 0.340 e. The summed E-state index contributed by atoms with van der Waals surface area (Å²) in [5.74, 6) is -0.730. The molecule has 0 bridgehead atoms. The van der Waals surface area contributed by atoms with Crippen LogP contribution in [0.4, 0.5) is 0 Å². The molecule has 0 amide bonds. The van der Waals surface area contributed by atoms with Gasteiger partial charge in [0.25, 0.3) is 0 Å². The van der Waals surface area contributed by atoms with E-state index in [1.54, 1.807) is 12.1 Å². The summed E-state index contributed by atoms with van der Waals surface area (Å²) in [4.78, 5) is 10.9. The Hall–Kier alpha value is -1.35. The Kier molecular flexibility index (Phi) is 4.29. The van der Waals surface area contributed by atoms with Crippen molar-refractivity contribution < 1.29 is 15.0 Å². The molecule has 2 N–H and O–H groups in total. The summed E-state index contributed by atoms with van der Waals surface area (Å²) >= 11 is 0. The molecule has 1 unspecified atom stereocenters. The van der Waals surface area contributed by atoms with E-state index < -0.39 is 11.6 Å². The van der Waals surface area contributed by atoms with E-state index in [1.807, 2.05) is 12.1 Å². The van der Waals surface area contributed by atoms with Gasteiger partial charge in [-0.1, -0.05) is 38.1 Å². The molecule has 3 heteroatoms. The van der Waals surface area contributed by atoms with Crippen molar-refractivity contribution in [1.29, 1.82) is 0 Å². The van der Waals surface area contributed by atoms with Gasteiger partial charge in [0.05, 0.1) is 0 Å². The van der Waals surface area contributed by atoms with E-state index in [0.29, 0.717) is 11.5 Å². The van der Waals surface area contributed by atoms with Gasteiger partial charge in [-0.05, 0) is 36.8 Å². The van der Waals surface area contributed by atoms with Gasteiger partial charge in [0.15, 0.2) is 5.60 Å². The van der Waals surface area contributed by atoms with Gasteiger partial charge in [0.1, 0.15) is 0 Å². The predicted molar refractivity (Wildman–Crippen MR) is 67.0 cm³/mol. The molecular formula is C14H20O3. The number of hydrogen-bond donors (Lipinski definition) is 2. The molecule has 17 heavy (non-hydrogen) atoms. The number of carbonyl (C=O) groups is 1. The van der Waals surface area contributed by atoms with Crippen LogP contribution < -0.4 is 0 Å². The zero-order chi connectivity index (χ0) is 13.1. The molecule has 0 fully saturated rings. The minimum absolute atomic E-state index is 0.416. The van der Waals surface area contributed by atoms with E-state index in [4.69, 9.17) is 5.11 Å². The van der Waals surface area contributed by atoms with Crippen molar-refractivity contribution in [2.75, 3.05) is 0 Å². The fourth-order valence-electron chi connectivity index (χ4n) is 1.96. The molecule has 1 aromatic rings. The van der Waals surface area contributed by atoms with Crippen molar-refractivity contribution in [2.24, 2.45) is 0 Å². The third kappa shape index (κ3) is 2.86. The summed E-state index contributed by atoms with van der Waals surface area (Å²) in [5, 5.41) is 18.7. The van der Waals surface area contributed by atoms with Gasteiger partial charge in [-0.25, -0.2) is 4.79 Å². The molecule has 0 heterocycles. The first-order valence-corrected chi connectivity index (χ1v) is 5.99. The van der Waals surface area contributed by atoms with E-state index in [2.05, 4.69) is 13.8 Å². The van der Waals surface area contributed by atoms with Crippen LogP contribution in [0.15, 0.2) is 24.3 Å². The molecule has 0 aromatic heterocycles. The number of carboxylic acids is 1. The standard InChI is InChI=1S/C14H20O3/c1-4-10(5-2)11-6-8-12(9-7-11)14(3,17)13(15)16/h6-10,17H,4-5H2,1-3H3,(H,15,16). The van der Waals surface area contributed by atoms with Gasteiger partial charge in [-0.2, -0.15) is 0 Å². The highest BCUT2D eigenvalue weighted by Crippen LogP contribution is 2.26. The number of aliphatic hydroxyl groups is 1. The molecule has 3 nitrogen and oxygen atoms in total. The summed E-state index contributed by atoms with van der Waals surface area (Å²) in [6.45, 7) is 5.56. The molecular weight excluding hydrogens is 216 g/mol. The topological polar surface area (TPSA) is 57.5 Å². The number of hydrogen-bond acceptors (Lipinski definition) is 2. The van der Waals surface area contributed by atoms with Crippen molar-refractivity contribution in [3.63, 3.8) is 0 Å². The maximum atomic E-state index is 10.9. The SMILES string of the molecule is CCC(CC)c1ccc(C(C)(O)C(=O)O)cc1. The van der Waals surface area contributed by atoms with Crippen LogP contribution in [-0.4, -0.2) is 16.2 Å². The summed E-state index contributed by atoms with van der Waals surface area (Å²) in [6.07, 6.45) is 2.12. The highest BCUT2D eigenvalue weighted by molar-refractivity contribution is 5.78. The minimum Gasteiger partial charge on any atom is -0.479 e. The van der Waals surface area contributed by atoms with E-state index in [9.17, 15) is 9.90 Å². The van der Waals surface area contributed by atoms with Crippen LogP contribution >= 0.6 is 0 Å². The Morgan fingerprint density at radius 3 is 2.06 bits per heavy atom. The molecule has 0 radical (unpaired) electrons. The third-order valence-corrected chi connectivity index (χ3v) is 3.35. The van der Waals surface area contributed by atoms with Crippen molar-refractivity contribution in [2.45, 2.75) is 45.1 Å². The fourth-order valence-corrected chi connectivity index (χ4v) is 1.96. The second-order valence-corrected chi connectivity index (χ2v) is 4.51. The fraction of sp³-hybridized carbons (Fsp3) is 0.500. The molecule has 1 atom stereocenters. The van der Waals surface area contributed by atoms with Crippen molar-refractivity contribution in [3.05, 3.63) is 35.4 Å². The van der Waals surface area contributed by atoms with Crippen LogP contribution in [-0.2, 0) is 10.4 Å². The average Bonchev–Trinajstić information content (AvgIpc) is 2.31. The van der Waals surface area contributed by atoms with Crippen LogP contribution in [0.5, 0.6) is 0 Å². The van der Waals surface area contributed by atoms with Crippen LogP contribution in [0.3, 0.4) is 0 Å². The average molecular weight is 236 g/mol. The number of benzene rings is 1. The molecule has 1 aromatic carbocycles. The Bertz CT molecular complexity index is 375. The molecule has 1 rings (SSSR count). The minimum atomic E-state index is -1.81. The van der Waals surface area contributed by atoms with E-state index in [0.717, 1.165) is 12.8 Å². The zero-order valence-electron chi connectivity index (χ0n) is 10.6. The lowest BCUT2D eigenvalue weighted by Gasteiger charge is -2.20. The van der Waals surface area contributed by atoms with Crippen molar-refractivity contribution in [3.8, 4) is 0 Å². The molecule has 0 saturated heterocycles. The van der Waals surface area contributed by atoms with E-state index in [-0.39, 0.29) is 0 Å². The number of carboxylic acid groups (broad SMARTS) is 1. The van der Waals surface area contributed by atoms with Crippen LogP contribution in [0, 0.1) is 0 Å². The highest BCUT2D eigenvalue weighted by Gasteiger charge is 2.31. The number of rotatable bonds is 5. The van der Waals surface area contributed by atoms with Gasteiger partial charge in [-0.15, -0.1) is 0 Å². The van der Waals surface area contributed by atoms with Gasteiger partial charge in [0, 0.05) is 0 Å². The zero-order valence-corrected chi connectivity index (χ0v) is 10.6. The third-order valence-electron chi connectivity index (χ3n) is 3.35. The lowest BCUT2D eigenvalue weighted by Crippen LogP contribution is -2.31. The summed E-state index contributed by atoms with van der Waals surface area (Å²) in [7, 11) is 0. The van der Waals surface area contributed by atoms with Gasteiger partial charge < -0.3 is 10.2 Å². The maximum Gasteiger partial charge on any atom is 0.340 e. The Labute approximate surface area is 102 Å². The lowest BCUT2D eigenvalue weighted by atomic mass is 9.90. The molecule has 94 valence electrons. The van der Waals surface area contributed by atoms with E-state index in [1.165, 1.54) is 12.5 Å². The second-order valence-electron chi connectivity index (χ2n) is 4.51. The predicted octanol–water partition coefficient (Wildman–Crippen LogP) is 2.88. The first kappa shape index (κ1) is 13.7. The highest BCUT2D eigenvalue weighted by atomic mass is 16.4. The molecule has 0 aliphatic rings. The van der Waals surface area contributed by atoms with Crippen LogP contribution in [0.25, 0.3) is 0 Å². The lowest BCUT2D eigenvalue weighted by molar-refractivity contribution is -0.157. The Balaban J connectivity index is 2.99. The summed E-state index contributed by atoms with van der Waals surface area (Å²) in [6, 6.07) is 7.21. The molecule has 0 aliphatic heterocycles. The Morgan fingerprint density at radius 2 is 1.71 bits per heavy atom. The van der Waals surface area contributed by atoms with Crippen LogP contribution in [0.1, 0.15) is 50.7 Å². The van der Waals surface area contributed by atoms with Gasteiger partial charge >= 0.3 is 5.97 Å². The monoisotopic (exact) mass is 236 g/mol. The Morgan fingerprint density at radius 1 is 1.24 bits per heavy atom. The van der Waals surface area contributed by atoms with Gasteiger partial charge in [0.2, 0.25) is 0 Å². The van der Waals surface area contributed by atoms with Gasteiger partial charge in [-0.3, -0.25) is 0 Å².